The van der Waals surface area contributed by atoms with Crippen molar-refractivity contribution in [1.82, 2.24) is 0 Å². The molecule has 0 spiro atoms. The summed E-state index contributed by atoms with van der Waals surface area (Å²) in [4.78, 5) is 17.7. The monoisotopic (exact) mass is 549 g/mol. The molecular formula is C36H39NO4. The minimum absolute atomic E-state index is 0.00844. The molecular weight excluding hydrogens is 510 g/mol. The number of hydrogen-bond donors (Lipinski definition) is 1. The van der Waals surface area contributed by atoms with Gasteiger partial charge in [-0.15, -0.1) is 0 Å². The first-order valence-electron chi connectivity index (χ1n) is 14.9. The normalized spacial score (nSPS) is 23.1. The van der Waals surface area contributed by atoms with Crippen molar-refractivity contribution in [3.8, 4) is 5.75 Å². The van der Waals surface area contributed by atoms with Crippen molar-refractivity contribution >= 4 is 17.3 Å². The Bertz CT molecular complexity index is 1450. The van der Waals surface area contributed by atoms with Crippen LogP contribution in [0.3, 0.4) is 0 Å². The maximum absolute atomic E-state index is 12.6. The van der Waals surface area contributed by atoms with E-state index < -0.39 is 12.0 Å². The number of ether oxygens (including phenoxy) is 2. The first-order chi connectivity index (χ1) is 19.9. The molecule has 2 unspecified atom stereocenters. The Labute approximate surface area is 242 Å². The Balaban J connectivity index is 1.30. The average molecular weight is 550 g/mol. The van der Waals surface area contributed by atoms with Gasteiger partial charge in [-0.3, -0.25) is 4.99 Å². The van der Waals surface area contributed by atoms with Gasteiger partial charge in [-0.25, -0.2) is 4.79 Å². The van der Waals surface area contributed by atoms with Gasteiger partial charge in [0.2, 0.25) is 0 Å². The van der Waals surface area contributed by atoms with Crippen LogP contribution in [0.2, 0.25) is 0 Å². The average Bonchev–Trinajstić information content (AvgIpc) is 3.51. The standard InChI is InChI=1S/C36H39NO4/c1-36(2)19-18-28-30(22-36)27-11-6-7-12-29(27)34(33(28)32-13-8-20-40-32)37-31(35(38)39)21-24-14-16-26(17-15-24)41-23-25-9-4-3-5-10-25/h3-7,9-12,14-17,31-33H,8,13,18-23H2,1-2H3,(H,38,39)/b37-34+/t31-,32?,33?/m0/s1. The molecule has 3 aromatic rings. The number of benzene rings is 3. The highest BCUT2D eigenvalue weighted by atomic mass is 16.5. The molecule has 3 aliphatic rings. The molecule has 212 valence electrons. The van der Waals surface area contributed by atoms with Crippen LogP contribution in [-0.4, -0.2) is 35.5 Å². The third kappa shape index (κ3) is 6.01. The molecule has 1 saturated heterocycles. The molecule has 0 aromatic heterocycles. The number of carboxylic acid groups (broad SMARTS) is 1. The van der Waals surface area contributed by atoms with Crippen LogP contribution >= 0.6 is 0 Å². The van der Waals surface area contributed by atoms with E-state index in [1.54, 1.807) is 0 Å². The van der Waals surface area contributed by atoms with Crippen molar-refractivity contribution in [3.05, 3.63) is 107 Å². The Morgan fingerprint density at radius 1 is 1.00 bits per heavy atom. The van der Waals surface area contributed by atoms with Gasteiger partial charge < -0.3 is 14.6 Å². The number of nitrogens with zero attached hydrogens (tertiary/aromatic N) is 1. The first-order valence-corrected chi connectivity index (χ1v) is 14.9. The molecule has 1 aliphatic heterocycles. The predicted molar refractivity (Wildman–Crippen MR) is 162 cm³/mol. The lowest BCUT2D eigenvalue weighted by Crippen LogP contribution is -2.38. The summed E-state index contributed by atoms with van der Waals surface area (Å²) in [5.41, 5.74) is 8.28. The lowest BCUT2D eigenvalue weighted by molar-refractivity contribution is -0.138. The largest absolute Gasteiger partial charge is 0.489 e. The molecule has 2 aliphatic carbocycles. The summed E-state index contributed by atoms with van der Waals surface area (Å²) < 4.78 is 12.2. The number of allylic oxidation sites excluding steroid dienone is 1. The quantitative estimate of drug-likeness (QED) is 0.315. The van der Waals surface area contributed by atoms with Crippen molar-refractivity contribution < 1.29 is 19.4 Å². The van der Waals surface area contributed by atoms with E-state index in [0.717, 1.165) is 66.9 Å². The molecule has 0 radical (unpaired) electrons. The van der Waals surface area contributed by atoms with Gasteiger partial charge in [0.1, 0.15) is 12.4 Å². The lowest BCUT2D eigenvalue weighted by atomic mass is 9.64. The Hall–Kier alpha value is -3.70. The summed E-state index contributed by atoms with van der Waals surface area (Å²) in [6.45, 7) is 5.95. The van der Waals surface area contributed by atoms with Gasteiger partial charge in [-0.1, -0.05) is 86.2 Å². The molecule has 3 aromatic carbocycles. The Morgan fingerprint density at radius 3 is 2.44 bits per heavy atom. The van der Waals surface area contributed by atoms with Crippen molar-refractivity contribution in [1.29, 1.82) is 0 Å². The maximum atomic E-state index is 12.6. The molecule has 1 heterocycles. The van der Waals surface area contributed by atoms with Crippen LogP contribution in [0.1, 0.15) is 68.2 Å². The molecule has 6 rings (SSSR count). The van der Waals surface area contributed by atoms with Crippen LogP contribution in [0, 0.1) is 11.3 Å². The second kappa shape index (κ2) is 11.7. The topological polar surface area (TPSA) is 68.1 Å². The van der Waals surface area contributed by atoms with Gasteiger partial charge in [-0.2, -0.15) is 0 Å². The number of rotatable bonds is 8. The van der Waals surface area contributed by atoms with Crippen molar-refractivity contribution in [2.45, 2.75) is 71.1 Å². The molecule has 0 saturated carbocycles. The van der Waals surface area contributed by atoms with Crippen LogP contribution in [0.25, 0.3) is 5.57 Å². The molecule has 1 N–H and O–H groups in total. The molecule has 3 atom stereocenters. The van der Waals surface area contributed by atoms with Crippen LogP contribution in [0.15, 0.2) is 89.4 Å². The third-order valence-electron chi connectivity index (χ3n) is 8.83. The van der Waals surface area contributed by atoms with E-state index in [1.807, 2.05) is 60.7 Å². The summed E-state index contributed by atoms with van der Waals surface area (Å²) in [7, 11) is 0. The van der Waals surface area contributed by atoms with Crippen LogP contribution < -0.4 is 4.74 Å². The fourth-order valence-corrected chi connectivity index (χ4v) is 6.68. The van der Waals surface area contributed by atoms with E-state index in [1.165, 1.54) is 16.7 Å². The molecule has 41 heavy (non-hydrogen) atoms. The summed E-state index contributed by atoms with van der Waals surface area (Å²) in [5, 5.41) is 10.4. The number of fused-ring (bicyclic) bond motifs is 2. The van der Waals surface area contributed by atoms with E-state index in [2.05, 4.69) is 32.0 Å². The van der Waals surface area contributed by atoms with E-state index in [4.69, 9.17) is 14.5 Å². The van der Waals surface area contributed by atoms with Gasteiger partial charge in [0, 0.05) is 24.5 Å². The van der Waals surface area contributed by atoms with Gasteiger partial charge >= 0.3 is 5.97 Å². The first kappa shape index (κ1) is 27.5. The Kier molecular flexibility index (Phi) is 7.81. The zero-order valence-electron chi connectivity index (χ0n) is 24.0. The van der Waals surface area contributed by atoms with Gasteiger partial charge in [0.25, 0.3) is 0 Å². The molecule has 0 amide bonds. The Morgan fingerprint density at radius 2 is 1.73 bits per heavy atom. The molecule has 5 heteroatoms. The van der Waals surface area contributed by atoms with Crippen molar-refractivity contribution in [2.75, 3.05) is 6.61 Å². The fourth-order valence-electron chi connectivity index (χ4n) is 6.68. The molecule has 1 fully saturated rings. The fraction of sp³-hybridized carbons (Fsp3) is 0.389. The summed E-state index contributed by atoms with van der Waals surface area (Å²) in [6.07, 6.45) is 5.52. The third-order valence-corrected chi connectivity index (χ3v) is 8.83. The van der Waals surface area contributed by atoms with E-state index in [0.29, 0.717) is 13.0 Å². The second-order valence-electron chi connectivity index (χ2n) is 12.4. The molecule has 5 nitrogen and oxygen atoms in total. The minimum Gasteiger partial charge on any atom is -0.489 e. The maximum Gasteiger partial charge on any atom is 0.328 e. The summed E-state index contributed by atoms with van der Waals surface area (Å²) in [5.74, 6) is -0.140. The highest BCUT2D eigenvalue weighted by Crippen LogP contribution is 2.51. The number of carbonyl (C=O) groups is 1. The van der Waals surface area contributed by atoms with Crippen LogP contribution in [0.4, 0.5) is 0 Å². The van der Waals surface area contributed by atoms with Gasteiger partial charge in [-0.05, 0) is 71.9 Å². The van der Waals surface area contributed by atoms with E-state index in [-0.39, 0.29) is 17.4 Å². The number of carboxylic acids is 1. The second-order valence-corrected chi connectivity index (χ2v) is 12.4. The van der Waals surface area contributed by atoms with Gasteiger partial charge in [0.05, 0.1) is 11.8 Å². The summed E-state index contributed by atoms with van der Waals surface area (Å²) >= 11 is 0. The van der Waals surface area contributed by atoms with Crippen molar-refractivity contribution in [3.63, 3.8) is 0 Å². The number of aliphatic carboxylic acids is 1. The smallest absolute Gasteiger partial charge is 0.328 e. The lowest BCUT2D eigenvalue weighted by Gasteiger charge is -2.42. The zero-order valence-corrected chi connectivity index (χ0v) is 24.0. The highest BCUT2D eigenvalue weighted by Gasteiger charge is 2.43. The van der Waals surface area contributed by atoms with Crippen molar-refractivity contribution in [2.24, 2.45) is 16.3 Å². The number of hydrogen-bond acceptors (Lipinski definition) is 4. The SMILES string of the molecule is CC1(C)CCC2=C(C1)c1ccccc1/C(=N\[C@@H](Cc1ccc(OCc3ccccc3)cc1)C(=O)O)C2C1CCCO1. The van der Waals surface area contributed by atoms with Crippen LogP contribution in [-0.2, 0) is 22.6 Å². The van der Waals surface area contributed by atoms with E-state index >= 15 is 0 Å². The highest BCUT2D eigenvalue weighted by molar-refractivity contribution is 6.12. The van der Waals surface area contributed by atoms with Gasteiger partial charge in [0.15, 0.2) is 6.04 Å². The molecule has 0 bridgehead atoms. The number of aliphatic imine (C=N–C) groups is 1. The minimum atomic E-state index is -0.907. The van der Waals surface area contributed by atoms with Crippen LogP contribution in [0.5, 0.6) is 5.75 Å². The zero-order chi connectivity index (χ0) is 28.4. The van der Waals surface area contributed by atoms with E-state index in [9.17, 15) is 9.90 Å². The predicted octanol–water partition coefficient (Wildman–Crippen LogP) is 7.52. The summed E-state index contributed by atoms with van der Waals surface area (Å²) in [6, 6.07) is 25.3.